The summed E-state index contributed by atoms with van der Waals surface area (Å²) in [6, 6.07) is 0. The van der Waals surface area contributed by atoms with E-state index in [4.69, 9.17) is 0 Å². The summed E-state index contributed by atoms with van der Waals surface area (Å²) in [6.07, 6.45) is 7.51. The highest BCUT2D eigenvalue weighted by molar-refractivity contribution is 5.29. The molecule has 9 atom stereocenters. The lowest BCUT2D eigenvalue weighted by Crippen LogP contribution is -2.51. The van der Waals surface area contributed by atoms with Crippen molar-refractivity contribution in [1.29, 1.82) is 0 Å². The quantitative estimate of drug-likeness (QED) is 0.410. The molecule has 2 N–H and O–H groups in total. The second-order valence-electron chi connectivity index (χ2n) is 13.0. The molecule has 0 aliphatic heterocycles. The number of allylic oxidation sites excluding steroid dienone is 2. The summed E-state index contributed by atoms with van der Waals surface area (Å²) in [5.74, 6) is 2.34. The van der Waals surface area contributed by atoms with Crippen LogP contribution in [0, 0.1) is 40.4 Å². The first-order chi connectivity index (χ1) is 15.2. The standard InChI is InChI=1S/C28H45F3O2/c1-6-27(33)16-15-24(3)19(17-27)7-8-20-22-10-9-21(25(22,4)13-12-23(20)24)18(2)11-14-26(5,32)28(29,30)31/h12,18-22,32-33H,6-11,13-17H2,1-5H3/t18-,19+,20+,21-,22+,24+,25-,26-,27+/m1/s1. The Balaban J connectivity index is 1.50. The first-order valence-electron chi connectivity index (χ1n) is 13.4. The van der Waals surface area contributed by atoms with Gasteiger partial charge >= 0.3 is 6.18 Å². The van der Waals surface area contributed by atoms with Crippen LogP contribution in [0.5, 0.6) is 0 Å². The fraction of sp³-hybridized carbons (Fsp3) is 0.929. The maximum Gasteiger partial charge on any atom is 0.416 e. The Morgan fingerprint density at radius 1 is 1.12 bits per heavy atom. The molecule has 2 nitrogen and oxygen atoms in total. The summed E-state index contributed by atoms with van der Waals surface area (Å²) in [4.78, 5) is 0. The van der Waals surface area contributed by atoms with E-state index in [0.29, 0.717) is 30.1 Å². The van der Waals surface area contributed by atoms with Gasteiger partial charge in [-0.1, -0.05) is 39.3 Å². The zero-order valence-corrected chi connectivity index (χ0v) is 21.3. The van der Waals surface area contributed by atoms with E-state index >= 15 is 0 Å². The third kappa shape index (κ3) is 4.11. The van der Waals surface area contributed by atoms with Gasteiger partial charge in [-0.2, -0.15) is 13.2 Å². The minimum Gasteiger partial charge on any atom is -0.390 e. The lowest BCUT2D eigenvalue weighted by Gasteiger charge is -2.58. The van der Waals surface area contributed by atoms with Gasteiger partial charge in [-0.05, 0) is 118 Å². The van der Waals surface area contributed by atoms with Gasteiger partial charge in [-0.25, -0.2) is 0 Å². The smallest absolute Gasteiger partial charge is 0.390 e. The Labute approximate surface area is 198 Å². The van der Waals surface area contributed by atoms with Crippen LogP contribution in [0.4, 0.5) is 13.2 Å². The molecule has 0 spiro atoms. The van der Waals surface area contributed by atoms with E-state index in [-0.39, 0.29) is 23.2 Å². The molecule has 4 aliphatic carbocycles. The number of hydrogen-bond donors (Lipinski definition) is 2. The molecule has 3 saturated carbocycles. The molecule has 0 bridgehead atoms. The number of aliphatic hydroxyl groups is 2. The summed E-state index contributed by atoms with van der Waals surface area (Å²) in [6.45, 7) is 9.97. The van der Waals surface area contributed by atoms with E-state index in [0.717, 1.165) is 45.4 Å². The van der Waals surface area contributed by atoms with Crippen LogP contribution in [0.2, 0.25) is 0 Å². The third-order valence-corrected chi connectivity index (χ3v) is 11.3. The van der Waals surface area contributed by atoms with E-state index in [1.807, 2.05) is 0 Å². The van der Waals surface area contributed by atoms with Crippen molar-refractivity contribution in [1.82, 2.24) is 0 Å². The average molecular weight is 471 g/mol. The van der Waals surface area contributed by atoms with Gasteiger partial charge in [-0.3, -0.25) is 0 Å². The fourth-order valence-corrected chi connectivity index (χ4v) is 8.74. The first kappa shape index (κ1) is 25.5. The molecule has 0 aromatic heterocycles. The Hall–Kier alpha value is -0.550. The molecule has 0 heterocycles. The first-order valence-corrected chi connectivity index (χ1v) is 13.4. The Morgan fingerprint density at radius 3 is 2.45 bits per heavy atom. The largest absolute Gasteiger partial charge is 0.416 e. The molecule has 5 heteroatoms. The summed E-state index contributed by atoms with van der Waals surface area (Å²) in [5, 5.41) is 20.9. The van der Waals surface area contributed by atoms with Gasteiger partial charge in [0.05, 0.1) is 5.60 Å². The van der Waals surface area contributed by atoms with Crippen LogP contribution < -0.4 is 0 Å². The minimum absolute atomic E-state index is 0.139. The second-order valence-corrected chi connectivity index (χ2v) is 13.0. The molecule has 4 rings (SSSR count). The molecule has 3 fully saturated rings. The summed E-state index contributed by atoms with van der Waals surface area (Å²) in [7, 11) is 0. The van der Waals surface area contributed by atoms with Crippen LogP contribution in [0.1, 0.15) is 105 Å². The van der Waals surface area contributed by atoms with Crippen LogP contribution in [0.25, 0.3) is 0 Å². The molecule has 0 aromatic carbocycles. The molecular weight excluding hydrogens is 425 g/mol. The molecule has 0 unspecified atom stereocenters. The van der Waals surface area contributed by atoms with Crippen LogP contribution in [-0.4, -0.2) is 27.6 Å². The zero-order chi connectivity index (χ0) is 24.4. The van der Waals surface area contributed by atoms with Gasteiger partial charge in [0.15, 0.2) is 5.60 Å². The fourth-order valence-electron chi connectivity index (χ4n) is 8.74. The highest BCUT2D eigenvalue weighted by Crippen LogP contribution is 2.67. The van der Waals surface area contributed by atoms with E-state index in [9.17, 15) is 23.4 Å². The minimum atomic E-state index is -4.57. The van der Waals surface area contributed by atoms with Gasteiger partial charge < -0.3 is 10.2 Å². The molecule has 0 aromatic rings. The Bertz CT molecular complexity index is 774. The molecule has 0 saturated heterocycles. The van der Waals surface area contributed by atoms with Gasteiger partial charge in [0.25, 0.3) is 0 Å². The van der Waals surface area contributed by atoms with Crippen molar-refractivity contribution in [3.8, 4) is 0 Å². The summed E-state index contributed by atoms with van der Waals surface area (Å²) >= 11 is 0. The summed E-state index contributed by atoms with van der Waals surface area (Å²) < 4.78 is 39.5. The van der Waals surface area contributed by atoms with Gasteiger partial charge in [-0.15, -0.1) is 0 Å². The number of rotatable bonds is 5. The highest BCUT2D eigenvalue weighted by atomic mass is 19.4. The van der Waals surface area contributed by atoms with Crippen molar-refractivity contribution in [2.75, 3.05) is 0 Å². The molecule has 190 valence electrons. The maximum atomic E-state index is 13.2. The van der Waals surface area contributed by atoms with Gasteiger partial charge in [0.1, 0.15) is 0 Å². The number of alkyl halides is 3. The number of hydrogen-bond acceptors (Lipinski definition) is 2. The van der Waals surface area contributed by atoms with E-state index in [2.05, 4.69) is 33.8 Å². The van der Waals surface area contributed by atoms with Crippen molar-refractivity contribution in [3.05, 3.63) is 11.6 Å². The maximum absolute atomic E-state index is 13.2. The molecular formula is C28H45F3O2. The van der Waals surface area contributed by atoms with Crippen molar-refractivity contribution < 1.29 is 23.4 Å². The van der Waals surface area contributed by atoms with Crippen molar-refractivity contribution in [3.63, 3.8) is 0 Å². The van der Waals surface area contributed by atoms with Crippen LogP contribution in [0.3, 0.4) is 0 Å². The molecule has 4 aliphatic rings. The van der Waals surface area contributed by atoms with Crippen molar-refractivity contribution in [2.24, 2.45) is 40.4 Å². The number of halogens is 3. The topological polar surface area (TPSA) is 40.5 Å². The number of fused-ring (bicyclic) bond motifs is 5. The molecule has 33 heavy (non-hydrogen) atoms. The van der Waals surface area contributed by atoms with E-state index in [1.54, 1.807) is 5.57 Å². The Kier molecular flexibility index (Phi) is 6.39. The van der Waals surface area contributed by atoms with Crippen LogP contribution >= 0.6 is 0 Å². The molecule has 0 radical (unpaired) electrons. The van der Waals surface area contributed by atoms with E-state index in [1.165, 1.54) is 19.3 Å². The zero-order valence-electron chi connectivity index (χ0n) is 21.3. The van der Waals surface area contributed by atoms with Gasteiger partial charge in [0, 0.05) is 0 Å². The van der Waals surface area contributed by atoms with Crippen molar-refractivity contribution >= 4 is 0 Å². The van der Waals surface area contributed by atoms with Crippen LogP contribution in [-0.2, 0) is 0 Å². The third-order valence-electron chi connectivity index (χ3n) is 11.3. The monoisotopic (exact) mass is 470 g/mol. The SMILES string of the molecule is CC[C@]1(O)CC[C@]2(C)C3=CC[C@]4(C)[C@@H]([C@H](C)CC[C@@](C)(O)C(F)(F)F)CC[C@H]4[C@@H]3CC[C@H]2C1. The predicted octanol–water partition coefficient (Wildman–Crippen LogP) is 7.44. The second kappa shape index (κ2) is 8.25. The predicted molar refractivity (Wildman–Crippen MR) is 126 cm³/mol. The molecule has 0 amide bonds. The Morgan fingerprint density at radius 2 is 1.82 bits per heavy atom. The van der Waals surface area contributed by atoms with Crippen molar-refractivity contribution in [2.45, 2.75) is 123 Å². The normalized spacial score (nSPS) is 45.9. The van der Waals surface area contributed by atoms with Gasteiger partial charge in [0.2, 0.25) is 0 Å². The lowest BCUT2D eigenvalue weighted by atomic mass is 9.47. The average Bonchev–Trinajstić information content (AvgIpc) is 3.09. The summed E-state index contributed by atoms with van der Waals surface area (Å²) in [5.41, 5.74) is -1.12. The van der Waals surface area contributed by atoms with Crippen LogP contribution in [0.15, 0.2) is 11.6 Å². The lowest BCUT2D eigenvalue weighted by molar-refractivity contribution is -0.256. The van der Waals surface area contributed by atoms with E-state index < -0.39 is 17.4 Å². The highest BCUT2D eigenvalue weighted by Gasteiger charge is 2.59.